The van der Waals surface area contributed by atoms with Gasteiger partial charge in [-0.2, -0.15) is 0 Å². The normalized spacial score (nSPS) is 10.5. The molecule has 0 aliphatic rings. The SMILES string of the molecule is Cc1ccsc1CCN(C)c1nnns1. The average Bonchev–Trinajstić information content (AvgIpc) is 2.85. The molecule has 0 aliphatic heterocycles. The fraction of sp³-hybridized carbons (Fsp3) is 0.444. The Labute approximate surface area is 96.7 Å². The highest BCUT2D eigenvalue weighted by molar-refractivity contribution is 7.10. The van der Waals surface area contributed by atoms with E-state index in [1.807, 2.05) is 18.4 Å². The van der Waals surface area contributed by atoms with Gasteiger partial charge in [0.15, 0.2) is 0 Å². The molecule has 4 nitrogen and oxygen atoms in total. The highest BCUT2D eigenvalue weighted by Crippen LogP contribution is 2.18. The maximum atomic E-state index is 3.93. The highest BCUT2D eigenvalue weighted by atomic mass is 32.1. The number of aryl methyl sites for hydroxylation is 1. The van der Waals surface area contributed by atoms with Gasteiger partial charge in [-0.15, -0.1) is 11.3 Å². The van der Waals surface area contributed by atoms with E-state index in [0.717, 1.165) is 18.1 Å². The Morgan fingerprint density at radius 3 is 2.93 bits per heavy atom. The summed E-state index contributed by atoms with van der Waals surface area (Å²) in [6.07, 6.45) is 1.06. The van der Waals surface area contributed by atoms with Gasteiger partial charge in [0.2, 0.25) is 5.13 Å². The number of likely N-dealkylation sites (N-methyl/N-ethyl adjacent to an activating group) is 1. The van der Waals surface area contributed by atoms with Gasteiger partial charge in [-0.05, 0) is 35.6 Å². The van der Waals surface area contributed by atoms with E-state index >= 15 is 0 Å². The second-order valence-electron chi connectivity index (χ2n) is 3.34. The molecule has 0 amide bonds. The standard InChI is InChI=1S/C9H12N4S2/c1-7-4-6-14-8(7)3-5-13(2)9-10-11-12-15-9/h4,6H,3,5H2,1-2H3. The maximum Gasteiger partial charge on any atom is 0.227 e. The molecule has 0 aromatic carbocycles. The van der Waals surface area contributed by atoms with Crippen molar-refractivity contribution in [3.05, 3.63) is 21.9 Å². The van der Waals surface area contributed by atoms with Gasteiger partial charge in [-0.1, -0.05) is 9.59 Å². The lowest BCUT2D eigenvalue weighted by atomic mass is 10.2. The Bertz CT molecular complexity index is 409. The first-order valence-electron chi connectivity index (χ1n) is 4.66. The van der Waals surface area contributed by atoms with Crippen molar-refractivity contribution in [1.29, 1.82) is 0 Å². The highest BCUT2D eigenvalue weighted by Gasteiger charge is 2.06. The lowest BCUT2D eigenvalue weighted by molar-refractivity contribution is 0.853. The number of thiophene rings is 1. The molecule has 0 saturated heterocycles. The van der Waals surface area contributed by atoms with Crippen LogP contribution in [0.4, 0.5) is 5.13 Å². The van der Waals surface area contributed by atoms with E-state index in [4.69, 9.17) is 0 Å². The second kappa shape index (κ2) is 4.67. The number of hydrogen-bond donors (Lipinski definition) is 0. The lowest BCUT2D eigenvalue weighted by Crippen LogP contribution is -2.19. The van der Waals surface area contributed by atoms with E-state index in [9.17, 15) is 0 Å². The molecule has 0 bridgehead atoms. The van der Waals surface area contributed by atoms with Crippen LogP contribution in [0.5, 0.6) is 0 Å². The predicted octanol–water partition coefficient (Wildman–Crippen LogP) is 1.98. The molecule has 0 fully saturated rings. The van der Waals surface area contributed by atoms with E-state index in [-0.39, 0.29) is 0 Å². The molecule has 0 aliphatic carbocycles. The molecular weight excluding hydrogens is 228 g/mol. The molecule has 2 heterocycles. The molecule has 0 unspecified atom stereocenters. The summed E-state index contributed by atoms with van der Waals surface area (Å²) in [5.74, 6) is 0. The first-order valence-corrected chi connectivity index (χ1v) is 6.32. The summed E-state index contributed by atoms with van der Waals surface area (Å²) in [7, 11) is 2.02. The van der Waals surface area contributed by atoms with E-state index in [0.29, 0.717) is 0 Å². The number of nitrogens with zero attached hydrogens (tertiary/aromatic N) is 4. The van der Waals surface area contributed by atoms with Gasteiger partial charge in [-0.25, -0.2) is 0 Å². The van der Waals surface area contributed by atoms with Crippen molar-refractivity contribution in [2.24, 2.45) is 0 Å². The Morgan fingerprint density at radius 2 is 2.33 bits per heavy atom. The van der Waals surface area contributed by atoms with Crippen LogP contribution in [0.1, 0.15) is 10.4 Å². The average molecular weight is 240 g/mol. The lowest BCUT2D eigenvalue weighted by Gasteiger charge is -2.13. The zero-order valence-corrected chi connectivity index (χ0v) is 10.3. The summed E-state index contributed by atoms with van der Waals surface area (Å²) in [5, 5.41) is 10.5. The van der Waals surface area contributed by atoms with Gasteiger partial charge in [0.25, 0.3) is 0 Å². The Hall–Kier alpha value is -1.01. The number of rotatable bonds is 4. The van der Waals surface area contributed by atoms with Crippen LogP contribution in [-0.2, 0) is 6.42 Å². The molecule has 0 saturated carbocycles. The van der Waals surface area contributed by atoms with E-state index in [2.05, 4.69) is 38.1 Å². The maximum absolute atomic E-state index is 3.93. The summed E-state index contributed by atoms with van der Waals surface area (Å²) >= 11 is 3.14. The first kappa shape index (κ1) is 10.5. The molecule has 2 rings (SSSR count). The first-order chi connectivity index (χ1) is 7.27. The van der Waals surface area contributed by atoms with Crippen LogP contribution in [0.15, 0.2) is 11.4 Å². The van der Waals surface area contributed by atoms with Crippen LogP contribution in [0, 0.1) is 6.92 Å². The topological polar surface area (TPSA) is 41.9 Å². The summed E-state index contributed by atoms with van der Waals surface area (Å²) in [6, 6.07) is 2.16. The fourth-order valence-electron chi connectivity index (χ4n) is 1.30. The molecule has 6 heteroatoms. The third kappa shape index (κ3) is 2.51. The molecule has 80 valence electrons. The number of aromatic nitrogens is 3. The van der Waals surface area contributed by atoms with Gasteiger partial charge in [0, 0.05) is 30.0 Å². The van der Waals surface area contributed by atoms with E-state index in [1.165, 1.54) is 22.0 Å². The van der Waals surface area contributed by atoms with Gasteiger partial charge in [0.05, 0.1) is 0 Å². The second-order valence-corrected chi connectivity index (χ2v) is 5.05. The van der Waals surface area contributed by atoms with Crippen molar-refractivity contribution < 1.29 is 0 Å². The number of anilines is 1. The van der Waals surface area contributed by atoms with Crippen LogP contribution in [-0.4, -0.2) is 28.4 Å². The van der Waals surface area contributed by atoms with Gasteiger partial charge in [0.1, 0.15) is 0 Å². The monoisotopic (exact) mass is 240 g/mol. The summed E-state index contributed by atoms with van der Waals surface area (Å²) < 4.78 is 3.75. The minimum Gasteiger partial charge on any atom is -0.348 e. The van der Waals surface area contributed by atoms with Gasteiger partial charge >= 0.3 is 0 Å². The minimum absolute atomic E-state index is 0.879. The van der Waals surface area contributed by atoms with Gasteiger partial charge in [-0.3, -0.25) is 0 Å². The molecule has 2 aromatic rings. The summed E-state index contributed by atoms with van der Waals surface area (Å²) in [4.78, 5) is 3.53. The van der Waals surface area contributed by atoms with Gasteiger partial charge < -0.3 is 4.90 Å². The fourth-order valence-corrected chi connectivity index (χ4v) is 2.65. The van der Waals surface area contributed by atoms with Crippen LogP contribution < -0.4 is 4.90 Å². The molecule has 0 radical (unpaired) electrons. The van der Waals surface area contributed by atoms with Crippen molar-refractivity contribution in [3.8, 4) is 0 Å². The quantitative estimate of drug-likeness (QED) is 0.819. The van der Waals surface area contributed by atoms with Crippen molar-refractivity contribution in [2.75, 3.05) is 18.5 Å². The smallest absolute Gasteiger partial charge is 0.227 e. The molecule has 0 spiro atoms. The molecule has 0 atom stereocenters. The van der Waals surface area contributed by atoms with Crippen LogP contribution in [0.25, 0.3) is 0 Å². The third-order valence-electron chi connectivity index (χ3n) is 2.26. The Morgan fingerprint density at radius 1 is 1.47 bits per heavy atom. The minimum atomic E-state index is 0.879. The Kier molecular flexibility index (Phi) is 3.27. The largest absolute Gasteiger partial charge is 0.348 e. The molecule has 15 heavy (non-hydrogen) atoms. The number of hydrogen-bond acceptors (Lipinski definition) is 6. The van der Waals surface area contributed by atoms with Crippen molar-refractivity contribution >= 4 is 28.0 Å². The third-order valence-corrected chi connectivity index (χ3v) is 4.05. The predicted molar refractivity (Wildman–Crippen MR) is 63.7 cm³/mol. The zero-order chi connectivity index (χ0) is 10.7. The summed E-state index contributed by atoms with van der Waals surface area (Å²) in [6.45, 7) is 3.11. The molecular formula is C9H12N4S2. The Balaban J connectivity index is 1.91. The zero-order valence-electron chi connectivity index (χ0n) is 8.67. The van der Waals surface area contributed by atoms with Crippen molar-refractivity contribution in [2.45, 2.75) is 13.3 Å². The summed E-state index contributed by atoms with van der Waals surface area (Å²) in [5.41, 5.74) is 1.38. The van der Waals surface area contributed by atoms with Crippen LogP contribution in [0.3, 0.4) is 0 Å². The van der Waals surface area contributed by atoms with Crippen molar-refractivity contribution in [1.82, 2.24) is 14.8 Å². The van der Waals surface area contributed by atoms with E-state index < -0.39 is 0 Å². The van der Waals surface area contributed by atoms with Crippen molar-refractivity contribution in [3.63, 3.8) is 0 Å². The molecule has 2 aromatic heterocycles. The molecule has 0 N–H and O–H groups in total. The van der Waals surface area contributed by atoms with Crippen LogP contribution >= 0.6 is 22.9 Å². The van der Waals surface area contributed by atoms with E-state index in [1.54, 1.807) is 0 Å². The van der Waals surface area contributed by atoms with Crippen LogP contribution in [0.2, 0.25) is 0 Å².